The fourth-order valence-corrected chi connectivity index (χ4v) is 4.87. The number of amides is 1. The van der Waals surface area contributed by atoms with Gasteiger partial charge in [-0.1, -0.05) is 12.1 Å². The van der Waals surface area contributed by atoms with Crippen LogP contribution in [0.5, 0.6) is 0 Å². The van der Waals surface area contributed by atoms with Crippen molar-refractivity contribution in [1.29, 1.82) is 0 Å². The summed E-state index contributed by atoms with van der Waals surface area (Å²) in [5, 5.41) is 6.70. The molecule has 0 spiro atoms. The van der Waals surface area contributed by atoms with Gasteiger partial charge in [0.05, 0.1) is 26.5 Å². The van der Waals surface area contributed by atoms with Crippen molar-refractivity contribution < 1.29 is 4.79 Å². The van der Waals surface area contributed by atoms with Crippen LogP contribution in [-0.4, -0.2) is 27.4 Å². The summed E-state index contributed by atoms with van der Waals surface area (Å²) in [5.41, 5.74) is 1.57. The molecule has 0 aliphatic carbocycles. The van der Waals surface area contributed by atoms with Crippen LogP contribution in [0.1, 0.15) is 28.6 Å². The first-order valence-electron chi connectivity index (χ1n) is 9.84. The Hall–Kier alpha value is -2.84. The van der Waals surface area contributed by atoms with Crippen molar-refractivity contribution in [3.8, 4) is 10.6 Å². The van der Waals surface area contributed by atoms with E-state index in [1.165, 1.54) is 4.88 Å². The summed E-state index contributed by atoms with van der Waals surface area (Å²) in [6.45, 7) is 2.62. The second-order valence-corrected chi connectivity index (χ2v) is 9.23. The van der Waals surface area contributed by atoms with E-state index >= 15 is 0 Å². The Kier molecular flexibility index (Phi) is 6.35. The second kappa shape index (κ2) is 9.32. The average molecular weight is 439 g/mol. The zero-order valence-corrected chi connectivity index (χ0v) is 18.2. The van der Waals surface area contributed by atoms with Gasteiger partial charge < -0.3 is 10.3 Å². The Labute approximate surface area is 182 Å². The van der Waals surface area contributed by atoms with E-state index in [2.05, 4.69) is 37.8 Å². The van der Waals surface area contributed by atoms with Gasteiger partial charge in [0.1, 0.15) is 5.82 Å². The summed E-state index contributed by atoms with van der Waals surface area (Å²) >= 11 is 3.37. The molecule has 2 N–H and O–H groups in total. The molecule has 0 bridgehead atoms. The lowest BCUT2D eigenvalue weighted by molar-refractivity contribution is -0.121. The summed E-state index contributed by atoms with van der Waals surface area (Å²) in [5.74, 6) is 0.639. The van der Waals surface area contributed by atoms with Crippen LogP contribution in [0, 0.1) is 6.92 Å². The molecule has 0 aliphatic rings. The van der Waals surface area contributed by atoms with Crippen LogP contribution in [0.3, 0.4) is 0 Å². The first-order valence-corrected chi connectivity index (χ1v) is 11.5. The molecule has 30 heavy (non-hydrogen) atoms. The van der Waals surface area contributed by atoms with Gasteiger partial charge in [-0.2, -0.15) is 0 Å². The van der Waals surface area contributed by atoms with Crippen LogP contribution < -0.4 is 10.9 Å². The number of fused-ring (bicyclic) bond motifs is 1. The number of aromatic nitrogens is 3. The van der Waals surface area contributed by atoms with Crippen LogP contribution in [0.2, 0.25) is 0 Å². The van der Waals surface area contributed by atoms with E-state index in [-0.39, 0.29) is 11.5 Å². The van der Waals surface area contributed by atoms with Crippen molar-refractivity contribution in [1.82, 2.24) is 20.3 Å². The zero-order valence-electron chi connectivity index (χ0n) is 16.6. The molecule has 4 aromatic rings. The van der Waals surface area contributed by atoms with E-state index in [0.29, 0.717) is 42.5 Å². The Balaban J connectivity index is 1.21. The van der Waals surface area contributed by atoms with E-state index < -0.39 is 0 Å². The first-order chi connectivity index (χ1) is 14.6. The molecule has 4 rings (SSSR count). The Morgan fingerprint density at radius 2 is 2.00 bits per heavy atom. The zero-order chi connectivity index (χ0) is 20.9. The minimum atomic E-state index is -0.136. The number of thiophene rings is 1. The molecule has 1 amide bonds. The third-order valence-corrected chi connectivity index (χ3v) is 6.65. The SMILES string of the molecule is Cc1nc(-c2ccc(CCNC(=O)CCCc3nc4ccccc4c(=O)[nH]3)s2)cs1. The maximum Gasteiger partial charge on any atom is 0.258 e. The maximum atomic E-state index is 12.1. The molecule has 0 atom stereocenters. The first kappa shape index (κ1) is 20.4. The van der Waals surface area contributed by atoms with Gasteiger partial charge in [-0.25, -0.2) is 9.97 Å². The number of rotatable bonds is 8. The summed E-state index contributed by atoms with van der Waals surface area (Å²) in [6.07, 6.45) is 2.41. The third kappa shape index (κ3) is 5.01. The summed E-state index contributed by atoms with van der Waals surface area (Å²) in [4.78, 5) is 38.4. The molecule has 8 heteroatoms. The van der Waals surface area contributed by atoms with E-state index in [9.17, 15) is 9.59 Å². The fourth-order valence-electron chi connectivity index (χ4n) is 3.21. The van der Waals surface area contributed by atoms with Gasteiger partial charge in [0.2, 0.25) is 5.91 Å². The molecule has 0 aliphatic heterocycles. The minimum absolute atomic E-state index is 0.0186. The summed E-state index contributed by atoms with van der Waals surface area (Å²) in [6, 6.07) is 11.5. The Morgan fingerprint density at radius 3 is 2.83 bits per heavy atom. The molecular weight excluding hydrogens is 416 g/mol. The molecule has 0 fully saturated rings. The van der Waals surface area contributed by atoms with Crippen molar-refractivity contribution in [2.75, 3.05) is 6.54 Å². The van der Waals surface area contributed by atoms with Crippen molar-refractivity contribution in [3.05, 3.63) is 67.8 Å². The van der Waals surface area contributed by atoms with Gasteiger partial charge in [-0.05, 0) is 44.0 Å². The predicted molar refractivity (Wildman–Crippen MR) is 122 cm³/mol. The normalized spacial score (nSPS) is 11.1. The molecule has 6 nitrogen and oxygen atoms in total. The molecule has 1 aromatic carbocycles. The number of hydrogen-bond donors (Lipinski definition) is 2. The van der Waals surface area contributed by atoms with E-state index in [1.807, 2.05) is 25.1 Å². The number of para-hydroxylation sites is 1. The number of carbonyl (C=O) groups is 1. The van der Waals surface area contributed by atoms with Gasteiger partial charge >= 0.3 is 0 Å². The number of nitrogens with zero attached hydrogens (tertiary/aromatic N) is 2. The van der Waals surface area contributed by atoms with Crippen LogP contribution in [-0.2, 0) is 17.6 Å². The van der Waals surface area contributed by atoms with Crippen LogP contribution in [0.25, 0.3) is 21.5 Å². The van der Waals surface area contributed by atoms with Gasteiger partial charge in [0.15, 0.2) is 0 Å². The summed E-state index contributed by atoms with van der Waals surface area (Å²) in [7, 11) is 0. The lowest BCUT2D eigenvalue weighted by Gasteiger charge is -2.05. The second-order valence-electron chi connectivity index (χ2n) is 7.00. The number of thiazole rings is 1. The Bertz CT molecular complexity index is 1230. The molecular formula is C22H22N4O2S2. The quantitative estimate of drug-likeness (QED) is 0.434. The lowest BCUT2D eigenvalue weighted by Crippen LogP contribution is -2.25. The topological polar surface area (TPSA) is 87.7 Å². The lowest BCUT2D eigenvalue weighted by atomic mass is 10.2. The van der Waals surface area contributed by atoms with Crippen LogP contribution >= 0.6 is 22.7 Å². The van der Waals surface area contributed by atoms with Gasteiger partial charge in [-0.15, -0.1) is 22.7 Å². The smallest absolute Gasteiger partial charge is 0.258 e. The highest BCUT2D eigenvalue weighted by Gasteiger charge is 2.08. The number of carbonyl (C=O) groups excluding carboxylic acids is 1. The van der Waals surface area contributed by atoms with E-state index in [0.717, 1.165) is 22.0 Å². The number of nitrogens with one attached hydrogen (secondary N) is 2. The molecule has 0 saturated heterocycles. The Morgan fingerprint density at radius 1 is 1.13 bits per heavy atom. The summed E-state index contributed by atoms with van der Waals surface area (Å²) < 4.78 is 0. The number of benzene rings is 1. The largest absolute Gasteiger partial charge is 0.356 e. The fraction of sp³-hybridized carbons (Fsp3) is 0.273. The van der Waals surface area contributed by atoms with Gasteiger partial charge in [-0.3, -0.25) is 9.59 Å². The van der Waals surface area contributed by atoms with Crippen molar-refractivity contribution in [2.45, 2.75) is 32.6 Å². The predicted octanol–water partition coefficient (Wildman–Crippen LogP) is 4.10. The molecule has 3 aromatic heterocycles. The van der Waals surface area contributed by atoms with E-state index in [4.69, 9.17) is 0 Å². The number of aromatic amines is 1. The number of H-pyrrole nitrogens is 1. The molecule has 0 saturated carbocycles. The highest BCUT2D eigenvalue weighted by atomic mass is 32.1. The van der Waals surface area contributed by atoms with E-state index in [1.54, 1.807) is 28.7 Å². The number of hydrogen-bond acceptors (Lipinski definition) is 6. The highest BCUT2D eigenvalue weighted by Crippen LogP contribution is 2.29. The standard InChI is InChI=1S/C22H22N4O2S2/c1-14-24-18(13-29-14)19-10-9-15(30-19)11-12-23-21(27)8-4-7-20-25-17-6-3-2-5-16(17)22(28)26-20/h2-3,5-6,9-10,13H,4,7-8,11-12H2,1H3,(H,23,27)(H,25,26,28). The van der Waals surface area contributed by atoms with Gasteiger partial charge in [0, 0.05) is 29.6 Å². The van der Waals surface area contributed by atoms with Crippen molar-refractivity contribution in [3.63, 3.8) is 0 Å². The minimum Gasteiger partial charge on any atom is -0.356 e. The third-order valence-electron chi connectivity index (χ3n) is 4.71. The monoisotopic (exact) mass is 438 g/mol. The van der Waals surface area contributed by atoms with Crippen LogP contribution in [0.4, 0.5) is 0 Å². The average Bonchev–Trinajstić information content (AvgIpc) is 3.37. The van der Waals surface area contributed by atoms with Crippen molar-refractivity contribution >= 4 is 39.5 Å². The molecule has 3 heterocycles. The highest BCUT2D eigenvalue weighted by molar-refractivity contribution is 7.16. The van der Waals surface area contributed by atoms with Crippen LogP contribution in [0.15, 0.2) is 46.6 Å². The van der Waals surface area contributed by atoms with Crippen molar-refractivity contribution in [2.24, 2.45) is 0 Å². The maximum absolute atomic E-state index is 12.1. The number of aryl methyl sites for hydroxylation is 2. The molecule has 0 radical (unpaired) electrons. The molecule has 0 unspecified atom stereocenters. The van der Waals surface area contributed by atoms with Gasteiger partial charge in [0.25, 0.3) is 5.56 Å². The molecule has 154 valence electrons.